The van der Waals surface area contributed by atoms with Crippen molar-refractivity contribution in [2.24, 2.45) is 0 Å². The Morgan fingerprint density at radius 3 is 2.83 bits per heavy atom. The summed E-state index contributed by atoms with van der Waals surface area (Å²) in [7, 11) is 0. The molecule has 0 radical (unpaired) electrons. The number of hydrogen-bond donors (Lipinski definition) is 1. The van der Waals surface area contributed by atoms with Crippen molar-refractivity contribution in [3.8, 4) is 0 Å². The van der Waals surface area contributed by atoms with Gasteiger partial charge in [-0.2, -0.15) is 0 Å². The van der Waals surface area contributed by atoms with Gasteiger partial charge in [-0.05, 0) is 40.2 Å². The number of carbonyl (C=O) groups excluding carboxylic acids is 1. The van der Waals surface area contributed by atoms with E-state index in [1.165, 1.54) is 36.7 Å². The fourth-order valence-electron chi connectivity index (χ4n) is 1.34. The van der Waals surface area contributed by atoms with Gasteiger partial charge in [0.05, 0.1) is 16.3 Å². The van der Waals surface area contributed by atoms with Crippen LogP contribution in [0.3, 0.4) is 0 Å². The van der Waals surface area contributed by atoms with Crippen molar-refractivity contribution in [2.75, 3.05) is 5.32 Å². The van der Waals surface area contributed by atoms with Gasteiger partial charge in [0.15, 0.2) is 0 Å². The van der Waals surface area contributed by atoms with E-state index in [4.69, 9.17) is 11.6 Å². The molecule has 0 saturated carbocycles. The van der Waals surface area contributed by atoms with Crippen molar-refractivity contribution in [3.05, 3.63) is 57.5 Å². The number of anilines is 1. The smallest absolute Gasteiger partial charge is 0.257 e. The molecule has 1 amide bonds. The molecule has 3 nitrogen and oxygen atoms in total. The third kappa shape index (κ3) is 2.86. The summed E-state index contributed by atoms with van der Waals surface area (Å²) in [6.07, 6.45) is 2.86. The standard InChI is InChI=1S/C12H7BrClFN2O/c13-9-5-7(15)1-2-11(9)17-12(18)8-3-4-16-6-10(8)14/h1-6H,(H,17,18). The lowest BCUT2D eigenvalue weighted by Crippen LogP contribution is -2.13. The molecule has 0 aliphatic rings. The molecule has 0 fully saturated rings. The van der Waals surface area contributed by atoms with Gasteiger partial charge in [0.25, 0.3) is 5.91 Å². The number of halogens is 3. The summed E-state index contributed by atoms with van der Waals surface area (Å²) in [6.45, 7) is 0. The number of carbonyl (C=O) groups is 1. The molecule has 18 heavy (non-hydrogen) atoms. The first-order valence-corrected chi connectivity index (χ1v) is 6.11. The van der Waals surface area contributed by atoms with Crippen molar-refractivity contribution in [3.63, 3.8) is 0 Å². The van der Waals surface area contributed by atoms with Crippen LogP contribution in [0.15, 0.2) is 41.1 Å². The summed E-state index contributed by atoms with van der Waals surface area (Å²) in [6, 6.07) is 5.50. The predicted octanol–water partition coefficient (Wildman–Crippen LogP) is 3.89. The number of hydrogen-bond acceptors (Lipinski definition) is 2. The van der Waals surface area contributed by atoms with Crippen molar-refractivity contribution >= 4 is 39.1 Å². The molecule has 2 rings (SSSR count). The highest BCUT2D eigenvalue weighted by Crippen LogP contribution is 2.24. The lowest BCUT2D eigenvalue weighted by molar-refractivity contribution is 0.102. The molecule has 1 aromatic heterocycles. The molecule has 92 valence electrons. The molecule has 6 heteroatoms. The molecule has 2 aromatic rings. The molecule has 0 bridgehead atoms. The normalized spacial score (nSPS) is 10.2. The SMILES string of the molecule is O=C(Nc1ccc(F)cc1Br)c1ccncc1Cl. The van der Waals surface area contributed by atoms with Crippen LogP contribution >= 0.6 is 27.5 Å². The van der Waals surface area contributed by atoms with Gasteiger partial charge in [-0.15, -0.1) is 0 Å². The second kappa shape index (κ2) is 5.46. The Morgan fingerprint density at radius 1 is 1.39 bits per heavy atom. The van der Waals surface area contributed by atoms with Crippen LogP contribution in [0, 0.1) is 5.82 Å². The van der Waals surface area contributed by atoms with E-state index in [0.29, 0.717) is 15.7 Å². The summed E-state index contributed by atoms with van der Waals surface area (Å²) in [5, 5.41) is 2.89. The van der Waals surface area contributed by atoms with Crippen molar-refractivity contribution in [1.82, 2.24) is 4.98 Å². The second-order valence-corrected chi connectivity index (χ2v) is 4.70. The van der Waals surface area contributed by atoms with Gasteiger partial charge in [-0.1, -0.05) is 11.6 Å². The number of rotatable bonds is 2. The van der Waals surface area contributed by atoms with Crippen molar-refractivity contribution in [2.45, 2.75) is 0 Å². The van der Waals surface area contributed by atoms with Crippen molar-refractivity contribution in [1.29, 1.82) is 0 Å². The van der Waals surface area contributed by atoms with Crippen LogP contribution in [0.1, 0.15) is 10.4 Å². The Morgan fingerprint density at radius 2 is 2.17 bits per heavy atom. The Labute approximate surface area is 116 Å². The van der Waals surface area contributed by atoms with E-state index in [9.17, 15) is 9.18 Å². The van der Waals surface area contributed by atoms with E-state index < -0.39 is 0 Å². The molecule has 1 aromatic carbocycles. The zero-order valence-electron chi connectivity index (χ0n) is 8.95. The number of nitrogens with one attached hydrogen (secondary N) is 1. The van der Waals surface area contributed by atoms with E-state index in [0.717, 1.165) is 0 Å². The summed E-state index contributed by atoms with van der Waals surface area (Å²) in [4.78, 5) is 15.7. The quantitative estimate of drug-likeness (QED) is 0.908. The van der Waals surface area contributed by atoms with E-state index in [-0.39, 0.29) is 16.7 Å². The fraction of sp³-hybridized carbons (Fsp3) is 0. The minimum Gasteiger partial charge on any atom is -0.321 e. The minimum absolute atomic E-state index is 0.258. The fourth-order valence-corrected chi connectivity index (χ4v) is 1.99. The number of benzene rings is 1. The second-order valence-electron chi connectivity index (χ2n) is 3.43. The molecule has 0 unspecified atom stereocenters. The summed E-state index contributed by atoms with van der Waals surface area (Å²) in [5.41, 5.74) is 0.775. The van der Waals surface area contributed by atoms with E-state index in [1.807, 2.05) is 0 Å². The van der Waals surface area contributed by atoms with Crippen LogP contribution in [0.2, 0.25) is 5.02 Å². The molecule has 0 saturated heterocycles. The van der Waals surface area contributed by atoms with Crippen LogP contribution in [0.4, 0.5) is 10.1 Å². The molecule has 0 aliphatic heterocycles. The van der Waals surface area contributed by atoms with Gasteiger partial charge in [0, 0.05) is 16.9 Å². The van der Waals surface area contributed by atoms with Gasteiger partial charge >= 0.3 is 0 Å². The van der Waals surface area contributed by atoms with Crippen LogP contribution in [-0.2, 0) is 0 Å². The van der Waals surface area contributed by atoms with E-state index in [2.05, 4.69) is 26.2 Å². The Hall–Kier alpha value is -1.46. The van der Waals surface area contributed by atoms with Gasteiger partial charge < -0.3 is 5.32 Å². The number of pyridine rings is 1. The molecular weight excluding hydrogens is 322 g/mol. The highest BCUT2D eigenvalue weighted by atomic mass is 79.9. The summed E-state index contributed by atoms with van der Waals surface area (Å²) < 4.78 is 13.4. The maximum atomic E-state index is 12.9. The third-order valence-electron chi connectivity index (χ3n) is 2.20. The monoisotopic (exact) mass is 328 g/mol. The average Bonchev–Trinajstić information content (AvgIpc) is 2.33. The van der Waals surface area contributed by atoms with Gasteiger partial charge in [-0.25, -0.2) is 4.39 Å². The van der Waals surface area contributed by atoms with Gasteiger partial charge in [-0.3, -0.25) is 9.78 Å². The zero-order chi connectivity index (χ0) is 13.1. The lowest BCUT2D eigenvalue weighted by Gasteiger charge is -2.08. The largest absolute Gasteiger partial charge is 0.321 e. The Balaban J connectivity index is 2.24. The highest BCUT2D eigenvalue weighted by molar-refractivity contribution is 9.10. The number of aromatic nitrogens is 1. The van der Waals surface area contributed by atoms with Crippen LogP contribution in [0.25, 0.3) is 0 Å². The first kappa shape index (κ1) is 13.0. The molecule has 0 spiro atoms. The Bertz CT molecular complexity index is 606. The average molecular weight is 330 g/mol. The molecule has 1 heterocycles. The van der Waals surface area contributed by atoms with Crippen LogP contribution < -0.4 is 5.32 Å². The highest BCUT2D eigenvalue weighted by Gasteiger charge is 2.11. The van der Waals surface area contributed by atoms with E-state index >= 15 is 0 Å². The van der Waals surface area contributed by atoms with Gasteiger partial charge in [0.2, 0.25) is 0 Å². The van der Waals surface area contributed by atoms with E-state index in [1.54, 1.807) is 0 Å². The molecule has 0 atom stereocenters. The minimum atomic E-state index is -0.387. The molecular formula is C12H7BrClFN2O. The summed E-state index contributed by atoms with van der Waals surface area (Å²) in [5.74, 6) is -0.767. The number of amides is 1. The first-order valence-electron chi connectivity index (χ1n) is 4.94. The Kier molecular flexibility index (Phi) is 3.93. The zero-order valence-corrected chi connectivity index (χ0v) is 11.3. The molecule has 0 aliphatic carbocycles. The maximum absolute atomic E-state index is 12.9. The molecule has 1 N–H and O–H groups in total. The maximum Gasteiger partial charge on any atom is 0.257 e. The van der Waals surface area contributed by atoms with Crippen molar-refractivity contribution < 1.29 is 9.18 Å². The van der Waals surface area contributed by atoms with Gasteiger partial charge in [0.1, 0.15) is 5.82 Å². The summed E-state index contributed by atoms with van der Waals surface area (Å²) >= 11 is 9.02. The predicted molar refractivity (Wildman–Crippen MR) is 71.3 cm³/mol. The first-order chi connectivity index (χ1) is 8.58. The third-order valence-corrected chi connectivity index (χ3v) is 3.15. The van der Waals surface area contributed by atoms with Crippen LogP contribution in [0.5, 0.6) is 0 Å². The lowest BCUT2D eigenvalue weighted by atomic mass is 10.2. The topological polar surface area (TPSA) is 42.0 Å². The number of nitrogens with zero attached hydrogens (tertiary/aromatic N) is 1. The van der Waals surface area contributed by atoms with Crippen LogP contribution in [-0.4, -0.2) is 10.9 Å².